The Kier molecular flexibility index (Phi) is 5.41. The number of nitrogens with one attached hydrogen (secondary N) is 1. The van der Waals surface area contributed by atoms with Gasteiger partial charge in [0.15, 0.2) is 5.65 Å². The number of carbonyl (C=O) groups excluding carboxylic acids is 1. The maximum absolute atomic E-state index is 12.7. The number of hydrogen-bond donors (Lipinski definition) is 1. The second-order valence-electron chi connectivity index (χ2n) is 7.92. The van der Waals surface area contributed by atoms with Gasteiger partial charge in [-0.3, -0.25) is 4.79 Å². The van der Waals surface area contributed by atoms with Crippen molar-refractivity contribution in [3.63, 3.8) is 0 Å². The van der Waals surface area contributed by atoms with E-state index in [1.807, 2.05) is 77.3 Å². The highest BCUT2D eigenvalue weighted by atomic mass is 16.2. The number of nitrogens with zero attached hydrogens (tertiary/aromatic N) is 6. The van der Waals surface area contributed by atoms with E-state index < -0.39 is 0 Å². The van der Waals surface area contributed by atoms with Crippen molar-refractivity contribution in [2.45, 2.75) is 6.92 Å². The van der Waals surface area contributed by atoms with E-state index in [2.05, 4.69) is 25.3 Å². The quantitative estimate of drug-likeness (QED) is 0.528. The maximum atomic E-state index is 12.7. The molecule has 0 aliphatic carbocycles. The van der Waals surface area contributed by atoms with Crippen molar-refractivity contribution < 1.29 is 4.79 Å². The fourth-order valence-corrected chi connectivity index (χ4v) is 4.05. The van der Waals surface area contributed by atoms with Crippen molar-refractivity contribution in [1.29, 1.82) is 0 Å². The summed E-state index contributed by atoms with van der Waals surface area (Å²) in [5.41, 5.74) is 3.88. The Balaban J connectivity index is 1.25. The third-order valence-corrected chi connectivity index (χ3v) is 5.74. The second kappa shape index (κ2) is 8.66. The molecule has 0 atom stereocenters. The van der Waals surface area contributed by atoms with E-state index in [1.165, 1.54) is 5.56 Å². The average Bonchev–Trinajstić information content (AvgIpc) is 3.28. The summed E-state index contributed by atoms with van der Waals surface area (Å²) < 4.78 is 1.83. The van der Waals surface area contributed by atoms with E-state index >= 15 is 0 Å². The molecule has 4 aromatic rings. The van der Waals surface area contributed by atoms with Gasteiger partial charge >= 0.3 is 0 Å². The molecule has 3 heterocycles. The number of fused-ring (bicyclic) bond motifs is 1. The second-order valence-corrected chi connectivity index (χ2v) is 7.92. The van der Waals surface area contributed by atoms with Crippen LogP contribution in [-0.2, 0) is 4.79 Å². The summed E-state index contributed by atoms with van der Waals surface area (Å²) in [5.74, 6) is 0.970. The summed E-state index contributed by atoms with van der Waals surface area (Å²) in [6.45, 7) is 5.10. The van der Waals surface area contributed by atoms with Gasteiger partial charge in [-0.15, -0.1) is 0 Å². The van der Waals surface area contributed by atoms with E-state index in [-0.39, 0.29) is 5.91 Å². The molecular formula is C24H25N7O. The molecule has 8 nitrogen and oxygen atoms in total. The molecule has 1 amide bonds. The van der Waals surface area contributed by atoms with Crippen molar-refractivity contribution in [1.82, 2.24) is 24.6 Å². The Morgan fingerprint density at radius 3 is 2.59 bits per heavy atom. The average molecular weight is 428 g/mol. The normalized spacial score (nSPS) is 14.0. The molecule has 162 valence electrons. The molecule has 5 rings (SSSR count). The topological polar surface area (TPSA) is 79.2 Å². The third-order valence-electron chi connectivity index (χ3n) is 5.74. The number of amides is 1. The molecule has 32 heavy (non-hydrogen) atoms. The largest absolute Gasteiger partial charge is 0.376 e. The van der Waals surface area contributed by atoms with Gasteiger partial charge in [0, 0.05) is 31.9 Å². The van der Waals surface area contributed by atoms with Crippen LogP contribution in [0.5, 0.6) is 0 Å². The summed E-state index contributed by atoms with van der Waals surface area (Å²) in [5, 5.41) is 8.68. The molecule has 1 saturated heterocycles. The fraction of sp³-hybridized carbons (Fsp3) is 0.250. The van der Waals surface area contributed by atoms with E-state index in [0.717, 1.165) is 41.3 Å². The maximum Gasteiger partial charge on any atom is 0.241 e. The van der Waals surface area contributed by atoms with E-state index in [4.69, 9.17) is 0 Å². The molecular weight excluding hydrogens is 402 g/mol. The van der Waals surface area contributed by atoms with Gasteiger partial charge < -0.3 is 15.1 Å². The van der Waals surface area contributed by atoms with Crippen LogP contribution in [0.15, 0.2) is 67.1 Å². The predicted molar refractivity (Wildman–Crippen MR) is 125 cm³/mol. The lowest BCUT2D eigenvalue weighted by atomic mass is 10.2. The molecule has 2 aromatic carbocycles. The zero-order valence-corrected chi connectivity index (χ0v) is 18.0. The zero-order chi connectivity index (χ0) is 21.9. The van der Waals surface area contributed by atoms with Gasteiger partial charge in [0.05, 0.1) is 23.8 Å². The molecule has 8 heteroatoms. The highest BCUT2D eigenvalue weighted by molar-refractivity contribution is 5.88. The van der Waals surface area contributed by atoms with Gasteiger partial charge in [-0.25, -0.2) is 14.6 Å². The molecule has 0 unspecified atom stereocenters. The number of piperazine rings is 1. The number of rotatable bonds is 5. The Hall–Kier alpha value is -3.94. The first-order valence-corrected chi connectivity index (χ1v) is 10.8. The molecule has 2 aromatic heterocycles. The van der Waals surface area contributed by atoms with Gasteiger partial charge in [-0.2, -0.15) is 5.10 Å². The lowest BCUT2D eigenvalue weighted by Gasteiger charge is -2.35. The van der Waals surface area contributed by atoms with Gasteiger partial charge in [0.2, 0.25) is 5.91 Å². The Bertz CT molecular complexity index is 1230. The third kappa shape index (κ3) is 3.99. The number of aromatic nitrogens is 4. The Morgan fingerprint density at radius 2 is 1.81 bits per heavy atom. The number of aryl methyl sites for hydroxylation is 1. The van der Waals surface area contributed by atoms with Crippen LogP contribution >= 0.6 is 0 Å². The molecule has 0 saturated carbocycles. The van der Waals surface area contributed by atoms with Crippen LogP contribution in [-0.4, -0.2) is 63.3 Å². The Labute approximate surface area is 186 Å². The first kappa shape index (κ1) is 20.0. The van der Waals surface area contributed by atoms with Crippen LogP contribution in [0.3, 0.4) is 0 Å². The number of benzene rings is 2. The van der Waals surface area contributed by atoms with E-state index in [9.17, 15) is 4.79 Å². The van der Waals surface area contributed by atoms with Crippen molar-refractivity contribution in [3.8, 4) is 5.69 Å². The predicted octanol–water partition coefficient (Wildman–Crippen LogP) is 2.88. The zero-order valence-electron chi connectivity index (χ0n) is 18.0. The molecule has 0 radical (unpaired) electrons. The molecule has 1 N–H and O–H groups in total. The molecule has 0 spiro atoms. The standard InChI is InChI=1S/C24H25N7O/c1-18-6-5-7-19(14-18)25-16-22(32)29-10-12-30(13-11-29)23-21-15-28-31(24(21)27-17-26-23)20-8-3-2-4-9-20/h2-9,14-15,17,25H,10-13,16H2,1H3. The van der Waals surface area contributed by atoms with Crippen LogP contribution in [0, 0.1) is 6.92 Å². The van der Waals surface area contributed by atoms with Gasteiger partial charge in [0.25, 0.3) is 0 Å². The fourth-order valence-electron chi connectivity index (χ4n) is 4.05. The number of carbonyl (C=O) groups is 1. The van der Waals surface area contributed by atoms with Crippen LogP contribution in [0.4, 0.5) is 11.5 Å². The number of anilines is 2. The minimum Gasteiger partial charge on any atom is -0.376 e. The lowest BCUT2D eigenvalue weighted by Crippen LogP contribution is -2.50. The van der Waals surface area contributed by atoms with Crippen LogP contribution < -0.4 is 10.2 Å². The highest BCUT2D eigenvalue weighted by Crippen LogP contribution is 2.25. The van der Waals surface area contributed by atoms with Gasteiger partial charge in [0.1, 0.15) is 12.1 Å². The van der Waals surface area contributed by atoms with Gasteiger partial charge in [-0.1, -0.05) is 30.3 Å². The summed E-state index contributed by atoms with van der Waals surface area (Å²) in [7, 11) is 0. The van der Waals surface area contributed by atoms with Gasteiger partial charge in [-0.05, 0) is 36.8 Å². The van der Waals surface area contributed by atoms with Crippen LogP contribution in [0.2, 0.25) is 0 Å². The minimum atomic E-state index is 0.107. The van der Waals surface area contributed by atoms with Crippen LogP contribution in [0.25, 0.3) is 16.7 Å². The number of hydrogen-bond acceptors (Lipinski definition) is 6. The van der Waals surface area contributed by atoms with Crippen molar-refractivity contribution in [3.05, 3.63) is 72.7 Å². The lowest BCUT2D eigenvalue weighted by molar-refractivity contribution is -0.129. The molecule has 1 aliphatic heterocycles. The number of para-hydroxylation sites is 1. The Morgan fingerprint density at radius 1 is 1.00 bits per heavy atom. The monoisotopic (exact) mass is 427 g/mol. The van der Waals surface area contributed by atoms with E-state index in [1.54, 1.807) is 6.33 Å². The minimum absolute atomic E-state index is 0.107. The molecule has 0 bridgehead atoms. The van der Waals surface area contributed by atoms with Crippen molar-refractivity contribution in [2.24, 2.45) is 0 Å². The van der Waals surface area contributed by atoms with E-state index in [0.29, 0.717) is 19.6 Å². The summed E-state index contributed by atoms with van der Waals surface area (Å²) in [4.78, 5) is 25.8. The highest BCUT2D eigenvalue weighted by Gasteiger charge is 2.24. The summed E-state index contributed by atoms with van der Waals surface area (Å²) in [6, 6.07) is 18.0. The first-order valence-electron chi connectivity index (χ1n) is 10.8. The first-order chi connectivity index (χ1) is 15.7. The molecule has 1 fully saturated rings. The van der Waals surface area contributed by atoms with Crippen molar-refractivity contribution >= 4 is 28.4 Å². The van der Waals surface area contributed by atoms with Crippen LogP contribution in [0.1, 0.15) is 5.56 Å². The molecule has 1 aliphatic rings. The smallest absolute Gasteiger partial charge is 0.241 e. The van der Waals surface area contributed by atoms with Crippen molar-refractivity contribution in [2.75, 3.05) is 42.9 Å². The summed E-state index contributed by atoms with van der Waals surface area (Å²) in [6.07, 6.45) is 3.41. The summed E-state index contributed by atoms with van der Waals surface area (Å²) >= 11 is 0. The SMILES string of the molecule is Cc1cccc(NCC(=O)N2CCN(c3ncnc4c3cnn4-c3ccccc3)CC2)c1.